The molecule has 0 radical (unpaired) electrons. The van der Waals surface area contributed by atoms with Crippen LogP contribution < -0.4 is 9.96 Å². The first-order chi connectivity index (χ1) is 17.8. The van der Waals surface area contributed by atoms with Crippen molar-refractivity contribution in [3.63, 3.8) is 0 Å². The average molecular weight is 500 g/mol. The number of para-hydroxylation sites is 1. The number of imide groups is 1. The second-order valence-electron chi connectivity index (χ2n) is 8.66. The molecule has 11 heteroatoms. The fourth-order valence-electron chi connectivity index (χ4n) is 4.54. The summed E-state index contributed by atoms with van der Waals surface area (Å²) in [6.45, 7) is 1.92. The molecule has 2 aliphatic rings. The highest BCUT2D eigenvalue weighted by molar-refractivity contribution is 6.24. The van der Waals surface area contributed by atoms with Crippen LogP contribution in [0.5, 0.6) is 0 Å². The summed E-state index contributed by atoms with van der Waals surface area (Å²) in [6, 6.07) is 17.9. The van der Waals surface area contributed by atoms with Crippen molar-refractivity contribution in [2.45, 2.75) is 19.1 Å². The van der Waals surface area contributed by atoms with Gasteiger partial charge in [-0.1, -0.05) is 35.9 Å². The number of hydrogen-bond donors (Lipinski definition) is 0. The molecule has 2 heterocycles. The van der Waals surface area contributed by atoms with Crippen molar-refractivity contribution in [1.29, 1.82) is 0 Å². The fourth-order valence-corrected chi connectivity index (χ4v) is 4.54. The van der Waals surface area contributed by atoms with Gasteiger partial charge in [-0.15, -0.1) is 0 Å². The Hall–Kier alpha value is -4.90. The predicted octanol–water partition coefficient (Wildman–Crippen LogP) is 4.20. The summed E-state index contributed by atoms with van der Waals surface area (Å²) in [7, 11) is 0. The first-order valence-corrected chi connectivity index (χ1v) is 11.3. The van der Waals surface area contributed by atoms with Gasteiger partial charge in [-0.25, -0.2) is 9.96 Å². The Morgan fingerprint density at radius 1 is 0.838 bits per heavy atom. The van der Waals surface area contributed by atoms with E-state index < -0.39 is 39.7 Å². The second-order valence-corrected chi connectivity index (χ2v) is 8.66. The Balaban J connectivity index is 1.53. The minimum atomic E-state index is -1.13. The smallest absolute Gasteiger partial charge is 0.273 e. The highest BCUT2D eigenvalue weighted by atomic mass is 16.7. The Labute approximate surface area is 210 Å². The first kappa shape index (κ1) is 23.8. The molecule has 2 amide bonds. The van der Waals surface area contributed by atoms with Crippen LogP contribution in [0, 0.1) is 33.1 Å². The Kier molecular flexibility index (Phi) is 5.98. The number of amides is 2. The van der Waals surface area contributed by atoms with E-state index in [1.807, 2.05) is 19.1 Å². The standard InChI is InChI=1S/C26H20N4O7/c1-16-6-9-19(10-7-16)28-22(15-8-17-4-2-3-5-21(17)30(35)36)23-24(37-28)26(32)27(25(23)31)18-11-13-20(14-12-18)29(33)34/h2-15,22-24H,1H3/b15-8+/t22-,23-,24+/m0/s1. The molecule has 2 saturated heterocycles. The molecule has 0 bridgehead atoms. The molecule has 0 aliphatic carbocycles. The summed E-state index contributed by atoms with van der Waals surface area (Å²) in [4.78, 5) is 55.3. The number of carbonyl (C=O) groups is 2. The summed E-state index contributed by atoms with van der Waals surface area (Å²) in [5.41, 5.74) is 1.88. The third-order valence-electron chi connectivity index (χ3n) is 6.37. The number of non-ortho nitro benzene ring substituents is 1. The van der Waals surface area contributed by atoms with Crippen LogP contribution in [0.2, 0.25) is 0 Å². The van der Waals surface area contributed by atoms with E-state index in [1.54, 1.807) is 42.5 Å². The molecular formula is C26H20N4O7. The zero-order valence-electron chi connectivity index (χ0n) is 19.5. The number of carbonyl (C=O) groups excluding carboxylic acids is 2. The van der Waals surface area contributed by atoms with E-state index in [2.05, 4.69) is 0 Å². The maximum absolute atomic E-state index is 13.6. The SMILES string of the molecule is Cc1ccc(N2O[C@H]3C(=O)N(c4ccc([N+](=O)[O-])cc4)C(=O)[C@H]3[C@@H]2/C=C/c2ccccc2[N+](=O)[O-])cc1. The number of anilines is 2. The molecule has 186 valence electrons. The molecule has 3 aromatic rings. The number of nitro groups is 2. The Bertz CT molecular complexity index is 1440. The molecule has 2 aliphatic heterocycles. The van der Waals surface area contributed by atoms with Gasteiger partial charge in [-0.2, -0.15) is 0 Å². The summed E-state index contributed by atoms with van der Waals surface area (Å²) in [5.74, 6) is -2.07. The van der Waals surface area contributed by atoms with Crippen molar-refractivity contribution in [1.82, 2.24) is 0 Å². The van der Waals surface area contributed by atoms with Crippen LogP contribution in [-0.2, 0) is 14.4 Å². The van der Waals surface area contributed by atoms with Crippen LogP contribution in [0.3, 0.4) is 0 Å². The van der Waals surface area contributed by atoms with Crippen molar-refractivity contribution in [3.8, 4) is 0 Å². The molecular weight excluding hydrogens is 480 g/mol. The number of hydrogen-bond acceptors (Lipinski definition) is 8. The number of aryl methyl sites for hydroxylation is 1. The van der Waals surface area contributed by atoms with Crippen LogP contribution >= 0.6 is 0 Å². The predicted molar refractivity (Wildman–Crippen MR) is 134 cm³/mol. The largest absolute Gasteiger partial charge is 0.276 e. The van der Waals surface area contributed by atoms with Crippen molar-refractivity contribution in [2.24, 2.45) is 5.92 Å². The zero-order chi connectivity index (χ0) is 26.3. The molecule has 0 N–H and O–H groups in total. The monoisotopic (exact) mass is 500 g/mol. The summed E-state index contributed by atoms with van der Waals surface area (Å²) in [6.07, 6.45) is 2.03. The summed E-state index contributed by atoms with van der Waals surface area (Å²) in [5, 5.41) is 23.9. The Morgan fingerprint density at radius 2 is 1.49 bits per heavy atom. The Morgan fingerprint density at radius 3 is 2.14 bits per heavy atom. The highest BCUT2D eigenvalue weighted by Crippen LogP contribution is 2.41. The van der Waals surface area contributed by atoms with E-state index in [-0.39, 0.29) is 17.1 Å². The van der Waals surface area contributed by atoms with Gasteiger partial charge in [0.05, 0.1) is 32.8 Å². The fraction of sp³-hybridized carbons (Fsp3) is 0.154. The number of hydroxylamine groups is 1. The van der Waals surface area contributed by atoms with Gasteiger partial charge in [0.25, 0.3) is 17.3 Å². The molecule has 3 atom stereocenters. The number of rotatable bonds is 6. The highest BCUT2D eigenvalue weighted by Gasteiger charge is 2.59. The lowest BCUT2D eigenvalue weighted by Gasteiger charge is -2.26. The maximum Gasteiger partial charge on any atom is 0.276 e. The molecule has 37 heavy (non-hydrogen) atoms. The maximum atomic E-state index is 13.6. The normalized spacial score (nSPS) is 21.1. The van der Waals surface area contributed by atoms with Gasteiger partial charge in [0, 0.05) is 18.2 Å². The molecule has 0 spiro atoms. The quantitative estimate of drug-likeness (QED) is 0.279. The molecule has 11 nitrogen and oxygen atoms in total. The van der Waals surface area contributed by atoms with E-state index >= 15 is 0 Å². The third kappa shape index (κ3) is 4.21. The minimum Gasteiger partial charge on any atom is -0.273 e. The topological polar surface area (TPSA) is 136 Å². The molecule has 2 fully saturated rings. The van der Waals surface area contributed by atoms with Gasteiger partial charge in [0.1, 0.15) is 5.92 Å². The van der Waals surface area contributed by atoms with Gasteiger partial charge in [0.2, 0.25) is 5.91 Å². The second kappa shape index (κ2) is 9.28. The van der Waals surface area contributed by atoms with Gasteiger partial charge >= 0.3 is 0 Å². The van der Waals surface area contributed by atoms with E-state index in [9.17, 15) is 29.8 Å². The van der Waals surface area contributed by atoms with E-state index in [0.717, 1.165) is 10.5 Å². The van der Waals surface area contributed by atoms with Crippen LogP contribution in [0.15, 0.2) is 78.9 Å². The van der Waals surface area contributed by atoms with Crippen LogP contribution in [0.4, 0.5) is 22.7 Å². The van der Waals surface area contributed by atoms with E-state index in [1.165, 1.54) is 35.4 Å². The molecule has 0 unspecified atom stereocenters. The van der Waals surface area contributed by atoms with Crippen molar-refractivity contribution < 1.29 is 24.3 Å². The average Bonchev–Trinajstić information content (AvgIpc) is 3.38. The molecule has 0 saturated carbocycles. The lowest BCUT2D eigenvalue weighted by atomic mass is 9.95. The minimum absolute atomic E-state index is 0.0996. The van der Waals surface area contributed by atoms with Crippen LogP contribution in [0.25, 0.3) is 6.08 Å². The number of benzene rings is 3. The molecule has 0 aromatic heterocycles. The summed E-state index contributed by atoms with van der Waals surface area (Å²) >= 11 is 0. The van der Waals surface area contributed by atoms with Crippen LogP contribution in [0.1, 0.15) is 11.1 Å². The van der Waals surface area contributed by atoms with Gasteiger partial charge in [-0.3, -0.25) is 34.7 Å². The summed E-state index contributed by atoms with van der Waals surface area (Å²) < 4.78 is 0. The molecule has 5 rings (SSSR count). The van der Waals surface area contributed by atoms with Crippen molar-refractivity contribution >= 4 is 40.6 Å². The number of nitro benzene ring substituents is 2. The number of fused-ring (bicyclic) bond motifs is 1. The van der Waals surface area contributed by atoms with E-state index in [4.69, 9.17) is 4.84 Å². The lowest BCUT2D eigenvalue weighted by Crippen LogP contribution is -2.39. The van der Waals surface area contributed by atoms with E-state index in [0.29, 0.717) is 11.3 Å². The van der Waals surface area contributed by atoms with Gasteiger partial charge in [0.15, 0.2) is 6.10 Å². The lowest BCUT2D eigenvalue weighted by molar-refractivity contribution is -0.385. The van der Waals surface area contributed by atoms with Gasteiger partial charge < -0.3 is 0 Å². The molecule has 3 aromatic carbocycles. The third-order valence-corrected chi connectivity index (χ3v) is 6.37. The first-order valence-electron chi connectivity index (χ1n) is 11.3. The van der Waals surface area contributed by atoms with Crippen molar-refractivity contribution in [2.75, 3.05) is 9.96 Å². The van der Waals surface area contributed by atoms with Gasteiger partial charge in [-0.05, 0) is 43.3 Å². The number of nitrogens with zero attached hydrogens (tertiary/aromatic N) is 4. The van der Waals surface area contributed by atoms with Crippen molar-refractivity contribution in [3.05, 3.63) is 110 Å². The van der Waals surface area contributed by atoms with Crippen LogP contribution in [-0.4, -0.2) is 33.8 Å². The zero-order valence-corrected chi connectivity index (χ0v) is 19.5.